The fraction of sp³-hybridized carbons (Fsp3) is 0.0870. The molecule has 0 saturated carbocycles. The highest BCUT2D eigenvalue weighted by molar-refractivity contribution is 9.10. The fourth-order valence-electron chi connectivity index (χ4n) is 2.96. The second kappa shape index (κ2) is 9.49. The number of benzene rings is 2. The molecule has 0 saturated heterocycles. The number of pyridine rings is 1. The number of nitrogens with one attached hydrogen (secondary N) is 1. The smallest absolute Gasteiger partial charge is 0.201 e. The van der Waals surface area contributed by atoms with Crippen LogP contribution in [0, 0.1) is 25.5 Å². The van der Waals surface area contributed by atoms with Crippen molar-refractivity contribution in [3.05, 3.63) is 97.7 Å². The van der Waals surface area contributed by atoms with Crippen molar-refractivity contribution in [2.24, 2.45) is 0 Å². The summed E-state index contributed by atoms with van der Waals surface area (Å²) in [5.41, 5.74) is 1.85. The van der Waals surface area contributed by atoms with Crippen molar-refractivity contribution in [3.8, 4) is 0 Å². The molecule has 0 aliphatic heterocycles. The van der Waals surface area contributed by atoms with Crippen LogP contribution in [0.2, 0.25) is 5.02 Å². The van der Waals surface area contributed by atoms with E-state index < -0.39 is 23.0 Å². The minimum atomic E-state index is -0.875. The molecule has 4 rings (SSSR count). The Morgan fingerprint density at radius 1 is 1.16 bits per heavy atom. The number of halogens is 4. The lowest BCUT2D eigenvalue weighted by Crippen LogP contribution is -2.08. The van der Waals surface area contributed by atoms with Crippen LogP contribution in [0.1, 0.15) is 37.4 Å². The van der Waals surface area contributed by atoms with Gasteiger partial charge in [0.2, 0.25) is 5.78 Å². The van der Waals surface area contributed by atoms with Crippen molar-refractivity contribution in [3.63, 3.8) is 0 Å². The highest BCUT2D eigenvalue weighted by Crippen LogP contribution is 2.26. The summed E-state index contributed by atoms with van der Waals surface area (Å²) in [7, 11) is 0. The number of rotatable bonds is 3. The molecule has 0 bridgehead atoms. The predicted octanol–water partition coefficient (Wildman–Crippen LogP) is 6.60. The molecule has 0 radical (unpaired) electrons. The largest absolute Gasteiger partial charge is 0.345 e. The second-order valence-corrected chi connectivity index (χ2v) is 8.05. The van der Waals surface area contributed by atoms with Gasteiger partial charge in [0, 0.05) is 33.4 Å². The minimum absolute atomic E-state index is 0.183. The van der Waals surface area contributed by atoms with Crippen LogP contribution in [-0.2, 0) is 0 Å². The molecule has 0 atom stereocenters. The molecule has 2 aromatic heterocycles. The van der Waals surface area contributed by atoms with E-state index in [1.807, 2.05) is 19.1 Å². The quantitative estimate of drug-likeness (QED) is 0.252. The van der Waals surface area contributed by atoms with Crippen molar-refractivity contribution in [2.45, 2.75) is 13.8 Å². The van der Waals surface area contributed by atoms with Gasteiger partial charge in [-0.25, -0.2) is 13.8 Å². The van der Waals surface area contributed by atoms with E-state index >= 15 is 0 Å². The lowest BCUT2D eigenvalue weighted by atomic mass is 10.0. The first-order chi connectivity index (χ1) is 14.7. The summed E-state index contributed by atoms with van der Waals surface area (Å²) < 4.78 is 28.6. The maximum Gasteiger partial charge on any atom is 0.201 e. The Labute approximate surface area is 190 Å². The number of fused-ring (bicyclic) bond motifs is 1. The van der Waals surface area contributed by atoms with Crippen LogP contribution < -0.4 is 0 Å². The molecule has 1 N–H and O–H groups in total. The van der Waals surface area contributed by atoms with E-state index in [-0.39, 0.29) is 11.1 Å². The first-order valence-electron chi connectivity index (χ1n) is 9.06. The number of aromatic nitrogens is 2. The van der Waals surface area contributed by atoms with Crippen LogP contribution in [0.5, 0.6) is 0 Å². The third kappa shape index (κ3) is 4.73. The number of aldehydes is 1. The van der Waals surface area contributed by atoms with E-state index in [4.69, 9.17) is 11.6 Å². The molecule has 0 spiro atoms. The molecule has 0 fully saturated rings. The lowest BCUT2D eigenvalue weighted by molar-refractivity contribution is 0.103. The predicted molar refractivity (Wildman–Crippen MR) is 120 cm³/mol. The highest BCUT2D eigenvalue weighted by atomic mass is 79.9. The van der Waals surface area contributed by atoms with E-state index in [1.165, 1.54) is 19.2 Å². The van der Waals surface area contributed by atoms with Crippen LogP contribution in [0.25, 0.3) is 11.0 Å². The zero-order valence-electron chi connectivity index (χ0n) is 16.5. The van der Waals surface area contributed by atoms with Gasteiger partial charge in [0.25, 0.3) is 0 Å². The monoisotopic (exact) mass is 504 g/mol. The van der Waals surface area contributed by atoms with Crippen molar-refractivity contribution in [1.29, 1.82) is 0 Å². The number of carbonyl (C=O) groups excluding carboxylic acids is 2. The Hall–Kier alpha value is -2.90. The van der Waals surface area contributed by atoms with Gasteiger partial charge < -0.3 is 4.98 Å². The number of nitrogens with zero attached hydrogens (tertiary/aromatic N) is 1. The molecule has 0 aliphatic carbocycles. The van der Waals surface area contributed by atoms with Gasteiger partial charge in [-0.2, -0.15) is 0 Å². The maximum atomic E-state index is 14.1. The molecule has 8 heteroatoms. The van der Waals surface area contributed by atoms with Crippen LogP contribution >= 0.6 is 27.5 Å². The summed E-state index contributed by atoms with van der Waals surface area (Å²) in [5.74, 6) is -2.42. The molecule has 158 valence electrons. The Morgan fingerprint density at radius 2 is 1.90 bits per heavy atom. The molecule has 2 heterocycles. The second-order valence-electron chi connectivity index (χ2n) is 6.72. The Balaban J connectivity index is 0.000000229. The van der Waals surface area contributed by atoms with Gasteiger partial charge in [-0.15, -0.1) is 0 Å². The molecular formula is C23H16BrClF2N2O2. The number of aryl methyl sites for hydroxylation is 2. The molecular weight excluding hydrogens is 490 g/mol. The summed E-state index contributed by atoms with van der Waals surface area (Å²) in [6, 6.07) is 9.46. The number of carbonyl (C=O) groups is 2. The first-order valence-corrected chi connectivity index (χ1v) is 10.2. The standard InChI is InChI=1S/C15H9BrF2N2O.C8H7ClO/c1-7-2-3-11(17)12(13(7)18)14(21)10-6-20-15-9(10)4-8(16)5-19-15;1-6-3-2-4-8(9)7(6)5-10/h2-6H,1H3,(H,19,20);2-5H,1H3. The SMILES string of the molecule is Cc1ccc(F)c(C(=O)c2c[nH]c3ncc(Br)cc23)c1F.Cc1cccc(Cl)c1C=O. The van der Waals surface area contributed by atoms with E-state index in [0.29, 0.717) is 26.1 Å². The van der Waals surface area contributed by atoms with E-state index in [9.17, 15) is 18.4 Å². The van der Waals surface area contributed by atoms with Crippen LogP contribution in [-0.4, -0.2) is 22.0 Å². The first kappa shape index (κ1) is 22.8. The average Bonchev–Trinajstić information content (AvgIpc) is 3.15. The summed E-state index contributed by atoms with van der Waals surface area (Å²) in [5, 5.41) is 1.03. The molecule has 2 aromatic carbocycles. The van der Waals surface area contributed by atoms with Crippen molar-refractivity contribution >= 4 is 50.6 Å². The zero-order chi connectivity index (χ0) is 22.7. The summed E-state index contributed by atoms with van der Waals surface area (Å²) in [4.78, 5) is 29.8. The highest BCUT2D eigenvalue weighted by Gasteiger charge is 2.23. The van der Waals surface area contributed by atoms with E-state index in [1.54, 1.807) is 18.3 Å². The lowest BCUT2D eigenvalue weighted by Gasteiger charge is -2.06. The van der Waals surface area contributed by atoms with E-state index in [2.05, 4.69) is 25.9 Å². The van der Waals surface area contributed by atoms with Crippen molar-refractivity contribution in [2.75, 3.05) is 0 Å². The summed E-state index contributed by atoms with van der Waals surface area (Å²) in [6.07, 6.45) is 3.76. The Bertz CT molecular complexity index is 1280. The van der Waals surface area contributed by atoms with Gasteiger partial charge in [-0.1, -0.05) is 29.8 Å². The summed E-state index contributed by atoms with van der Waals surface area (Å²) >= 11 is 8.96. The molecule has 0 amide bonds. The van der Waals surface area contributed by atoms with Gasteiger partial charge >= 0.3 is 0 Å². The minimum Gasteiger partial charge on any atom is -0.345 e. The zero-order valence-corrected chi connectivity index (χ0v) is 18.8. The van der Waals surface area contributed by atoms with Gasteiger partial charge in [-0.3, -0.25) is 9.59 Å². The van der Waals surface area contributed by atoms with E-state index in [0.717, 1.165) is 17.9 Å². The number of aromatic amines is 1. The molecule has 0 unspecified atom stereocenters. The molecule has 31 heavy (non-hydrogen) atoms. The average molecular weight is 506 g/mol. The summed E-state index contributed by atoms with van der Waals surface area (Å²) in [6.45, 7) is 3.34. The van der Waals surface area contributed by atoms with Crippen molar-refractivity contribution < 1.29 is 18.4 Å². The van der Waals surface area contributed by atoms with Gasteiger partial charge in [0.15, 0.2) is 6.29 Å². The number of hydrogen-bond acceptors (Lipinski definition) is 3. The number of H-pyrrole nitrogens is 1. The van der Waals surface area contributed by atoms with Crippen LogP contribution in [0.3, 0.4) is 0 Å². The maximum absolute atomic E-state index is 14.1. The number of ketones is 1. The van der Waals surface area contributed by atoms with Gasteiger partial charge in [0.1, 0.15) is 17.3 Å². The fourth-order valence-corrected chi connectivity index (χ4v) is 3.56. The normalized spacial score (nSPS) is 10.5. The van der Waals surface area contributed by atoms with Crippen molar-refractivity contribution in [1.82, 2.24) is 9.97 Å². The molecule has 4 aromatic rings. The van der Waals surface area contributed by atoms with Gasteiger partial charge in [0.05, 0.1) is 10.6 Å². The van der Waals surface area contributed by atoms with Gasteiger partial charge in [-0.05, 0) is 59.1 Å². The Morgan fingerprint density at radius 3 is 2.55 bits per heavy atom. The third-order valence-electron chi connectivity index (χ3n) is 4.64. The number of hydrogen-bond donors (Lipinski definition) is 1. The van der Waals surface area contributed by atoms with Crippen LogP contribution in [0.4, 0.5) is 8.78 Å². The molecule has 0 aliphatic rings. The van der Waals surface area contributed by atoms with Crippen LogP contribution in [0.15, 0.2) is 53.3 Å². The Kier molecular flexibility index (Phi) is 6.97. The topological polar surface area (TPSA) is 62.8 Å². The third-order valence-corrected chi connectivity index (χ3v) is 5.41. The molecule has 4 nitrogen and oxygen atoms in total.